The minimum Gasteiger partial charge on any atom is -0.396 e. The highest BCUT2D eigenvalue weighted by Gasteiger charge is 2.30. The van der Waals surface area contributed by atoms with E-state index in [2.05, 4.69) is 15.6 Å². The number of hydrogen-bond acceptors (Lipinski definition) is 4. The second-order valence-electron chi connectivity index (χ2n) is 7.12. The van der Waals surface area contributed by atoms with Crippen LogP contribution in [0.1, 0.15) is 31.1 Å². The molecule has 1 aromatic heterocycles. The number of aliphatic hydroxyl groups is 1. The number of halogens is 2. The Labute approximate surface area is 162 Å². The summed E-state index contributed by atoms with van der Waals surface area (Å²) in [6, 6.07) is 14.3. The highest BCUT2D eigenvalue weighted by Crippen LogP contribution is 2.33. The molecule has 3 aromatic rings. The zero-order chi connectivity index (χ0) is 19.4. The number of aromatic nitrogens is 3. The van der Waals surface area contributed by atoms with Gasteiger partial charge in [0.2, 0.25) is 0 Å². The molecule has 2 N–H and O–H groups in total. The van der Waals surface area contributed by atoms with Crippen molar-refractivity contribution < 1.29 is 9.50 Å². The Morgan fingerprint density at radius 3 is 2.63 bits per heavy atom. The van der Waals surface area contributed by atoms with Gasteiger partial charge in [-0.2, -0.15) is 0 Å². The first-order valence-electron chi connectivity index (χ1n) is 8.66. The first-order valence-corrected chi connectivity index (χ1v) is 9.04. The molecule has 0 amide bonds. The van der Waals surface area contributed by atoms with Crippen LogP contribution in [0.4, 0.5) is 4.39 Å². The van der Waals surface area contributed by atoms with Crippen molar-refractivity contribution in [2.24, 2.45) is 5.41 Å². The molecule has 5 nitrogen and oxygen atoms in total. The van der Waals surface area contributed by atoms with Crippen LogP contribution in [0.5, 0.6) is 0 Å². The molecule has 0 aliphatic rings. The van der Waals surface area contributed by atoms with E-state index in [-0.39, 0.29) is 23.1 Å². The Morgan fingerprint density at radius 1 is 1.22 bits per heavy atom. The minimum absolute atomic E-state index is 0.0384. The predicted molar refractivity (Wildman–Crippen MR) is 103 cm³/mol. The van der Waals surface area contributed by atoms with Crippen LogP contribution in [0, 0.1) is 11.2 Å². The van der Waals surface area contributed by atoms with Crippen molar-refractivity contribution >= 4 is 11.6 Å². The van der Waals surface area contributed by atoms with Crippen LogP contribution >= 0.6 is 11.6 Å². The molecule has 27 heavy (non-hydrogen) atoms. The van der Waals surface area contributed by atoms with E-state index >= 15 is 0 Å². The quantitative estimate of drug-likeness (QED) is 0.644. The predicted octanol–water partition coefficient (Wildman–Crippen LogP) is 3.91. The molecule has 0 spiro atoms. The van der Waals surface area contributed by atoms with Gasteiger partial charge in [0.15, 0.2) is 0 Å². The molecule has 0 aliphatic carbocycles. The highest BCUT2D eigenvalue weighted by molar-refractivity contribution is 6.30. The number of rotatable bonds is 7. The molecule has 0 radical (unpaired) electrons. The molecule has 1 heterocycles. The third-order valence-corrected chi connectivity index (χ3v) is 4.81. The molecule has 0 bridgehead atoms. The van der Waals surface area contributed by atoms with Crippen LogP contribution in [-0.4, -0.2) is 26.7 Å². The van der Waals surface area contributed by atoms with Gasteiger partial charge in [0.05, 0.1) is 22.6 Å². The van der Waals surface area contributed by atoms with Gasteiger partial charge in [0.25, 0.3) is 0 Å². The van der Waals surface area contributed by atoms with Crippen molar-refractivity contribution in [1.82, 2.24) is 20.3 Å². The maximum atomic E-state index is 13.3. The van der Waals surface area contributed by atoms with Crippen molar-refractivity contribution in [3.05, 3.63) is 76.8 Å². The summed E-state index contributed by atoms with van der Waals surface area (Å²) in [4.78, 5) is 0. The van der Waals surface area contributed by atoms with Gasteiger partial charge in [-0.05, 0) is 23.8 Å². The lowest BCUT2D eigenvalue weighted by Crippen LogP contribution is -2.36. The van der Waals surface area contributed by atoms with E-state index in [1.54, 1.807) is 16.9 Å². The molecular formula is C20H22ClFN4O. The molecule has 0 aliphatic heterocycles. The fraction of sp³-hybridized carbons (Fsp3) is 0.300. The Kier molecular flexibility index (Phi) is 5.89. The second-order valence-corrected chi connectivity index (χ2v) is 7.53. The standard InChI is InChI=1S/C20H22ClFN4O/c1-20(2,13-27)19(14-6-4-3-5-7-14)23-11-15-12-26(25-24-15)16-8-9-18(22)17(21)10-16/h3-10,12,19,23,27H,11,13H2,1-2H3. The number of hydrogen-bond donors (Lipinski definition) is 2. The van der Waals surface area contributed by atoms with Crippen molar-refractivity contribution in [3.63, 3.8) is 0 Å². The largest absolute Gasteiger partial charge is 0.396 e. The van der Waals surface area contributed by atoms with Crippen LogP contribution in [0.15, 0.2) is 54.7 Å². The zero-order valence-electron chi connectivity index (χ0n) is 15.2. The summed E-state index contributed by atoms with van der Waals surface area (Å²) in [5.74, 6) is -0.473. The maximum Gasteiger partial charge on any atom is 0.141 e. The van der Waals surface area contributed by atoms with Crippen molar-refractivity contribution in [2.75, 3.05) is 6.61 Å². The Hall–Kier alpha value is -2.28. The van der Waals surface area contributed by atoms with E-state index in [0.717, 1.165) is 11.3 Å². The molecule has 0 saturated heterocycles. The summed E-state index contributed by atoms with van der Waals surface area (Å²) < 4.78 is 14.9. The summed E-state index contributed by atoms with van der Waals surface area (Å²) in [5.41, 5.74) is 2.09. The Morgan fingerprint density at radius 2 is 1.96 bits per heavy atom. The van der Waals surface area contributed by atoms with Gasteiger partial charge in [-0.1, -0.05) is 61.0 Å². The SMILES string of the molecule is CC(C)(CO)C(NCc1cn(-c2ccc(F)c(Cl)c2)nn1)c1ccccc1. The molecule has 0 fully saturated rings. The highest BCUT2D eigenvalue weighted by atomic mass is 35.5. The van der Waals surface area contributed by atoms with E-state index in [9.17, 15) is 9.50 Å². The fourth-order valence-corrected chi connectivity index (χ4v) is 3.10. The van der Waals surface area contributed by atoms with Gasteiger partial charge in [-0.25, -0.2) is 9.07 Å². The smallest absolute Gasteiger partial charge is 0.141 e. The molecular weight excluding hydrogens is 367 g/mol. The molecule has 2 aromatic carbocycles. The summed E-state index contributed by atoms with van der Waals surface area (Å²) in [5, 5.41) is 21.6. The molecule has 1 atom stereocenters. The Bertz CT molecular complexity index is 898. The third kappa shape index (κ3) is 4.53. The van der Waals surface area contributed by atoms with E-state index in [1.165, 1.54) is 12.1 Å². The second kappa shape index (κ2) is 8.17. The van der Waals surface area contributed by atoms with Gasteiger partial charge in [0.1, 0.15) is 5.82 Å². The average Bonchev–Trinajstić information content (AvgIpc) is 3.14. The fourth-order valence-electron chi connectivity index (χ4n) is 2.92. The van der Waals surface area contributed by atoms with Crippen LogP contribution < -0.4 is 5.32 Å². The van der Waals surface area contributed by atoms with Gasteiger partial charge < -0.3 is 10.4 Å². The van der Waals surface area contributed by atoms with Crippen LogP contribution in [0.25, 0.3) is 5.69 Å². The summed E-state index contributed by atoms with van der Waals surface area (Å²) in [6.45, 7) is 4.53. The van der Waals surface area contributed by atoms with Crippen LogP contribution in [0.2, 0.25) is 5.02 Å². The number of nitrogens with zero attached hydrogens (tertiary/aromatic N) is 3. The van der Waals surface area contributed by atoms with Crippen molar-refractivity contribution in [2.45, 2.75) is 26.4 Å². The van der Waals surface area contributed by atoms with Crippen LogP contribution in [-0.2, 0) is 6.54 Å². The molecule has 3 rings (SSSR count). The minimum atomic E-state index is -0.473. The van der Waals surface area contributed by atoms with Crippen molar-refractivity contribution in [3.8, 4) is 5.69 Å². The van der Waals surface area contributed by atoms with E-state index in [1.807, 2.05) is 44.2 Å². The summed E-state index contributed by atoms with van der Waals surface area (Å²) >= 11 is 5.83. The van der Waals surface area contributed by atoms with E-state index in [4.69, 9.17) is 11.6 Å². The topological polar surface area (TPSA) is 63.0 Å². The average molecular weight is 389 g/mol. The molecule has 1 unspecified atom stereocenters. The first kappa shape index (κ1) is 19.5. The summed E-state index contributed by atoms with van der Waals surface area (Å²) in [7, 11) is 0. The monoisotopic (exact) mass is 388 g/mol. The van der Waals surface area contributed by atoms with Gasteiger partial charge >= 0.3 is 0 Å². The Balaban J connectivity index is 1.76. The van der Waals surface area contributed by atoms with E-state index in [0.29, 0.717) is 12.2 Å². The van der Waals surface area contributed by atoms with Gasteiger partial charge in [0, 0.05) is 24.6 Å². The zero-order valence-corrected chi connectivity index (χ0v) is 16.0. The lowest BCUT2D eigenvalue weighted by atomic mass is 9.81. The number of nitrogens with one attached hydrogen (secondary N) is 1. The molecule has 0 saturated carbocycles. The maximum absolute atomic E-state index is 13.3. The number of benzene rings is 2. The van der Waals surface area contributed by atoms with E-state index < -0.39 is 5.82 Å². The lowest BCUT2D eigenvalue weighted by molar-refractivity contribution is 0.114. The lowest BCUT2D eigenvalue weighted by Gasteiger charge is -2.33. The summed E-state index contributed by atoms with van der Waals surface area (Å²) in [6.07, 6.45) is 1.77. The third-order valence-electron chi connectivity index (χ3n) is 4.52. The van der Waals surface area contributed by atoms with Gasteiger partial charge in [-0.15, -0.1) is 5.10 Å². The number of aliphatic hydroxyl groups excluding tert-OH is 1. The molecule has 142 valence electrons. The van der Waals surface area contributed by atoms with Gasteiger partial charge in [-0.3, -0.25) is 0 Å². The van der Waals surface area contributed by atoms with Crippen molar-refractivity contribution in [1.29, 1.82) is 0 Å². The molecule has 7 heteroatoms. The first-order chi connectivity index (χ1) is 12.9. The normalized spacial score (nSPS) is 12.9. The van der Waals surface area contributed by atoms with Crippen LogP contribution in [0.3, 0.4) is 0 Å².